The number of nitrogens with one attached hydrogen (secondary N) is 2. The first-order valence-electron chi connectivity index (χ1n) is 21.9. The van der Waals surface area contributed by atoms with Gasteiger partial charge in [-0.15, -0.1) is 11.8 Å². The molecular weight excluding hydrogens is 816 g/mol. The Kier molecular flexibility index (Phi) is 14.6. The Hall–Kier alpha value is -4.72. The number of aromatic nitrogens is 1. The SMILES string of the molecule is CC1=CC(S(=O)Nc2ccc(N3CCN(c4cccc(-c5c(C=O)c(C)n(C)c5-c5ccc(F)cc5)c4)CC3)cc2)CCC1N[C@H](CCN1CCOCC1)CSc1ccccc1. The molecule has 12 heteroatoms. The van der Waals surface area contributed by atoms with E-state index in [2.05, 4.69) is 104 Å². The summed E-state index contributed by atoms with van der Waals surface area (Å²) >= 11 is 1.92. The number of anilines is 3. The van der Waals surface area contributed by atoms with Gasteiger partial charge in [-0.25, -0.2) is 8.60 Å². The highest BCUT2D eigenvalue weighted by atomic mass is 32.2. The van der Waals surface area contributed by atoms with Crippen LogP contribution in [0.15, 0.2) is 120 Å². The van der Waals surface area contributed by atoms with E-state index in [0.717, 1.165) is 135 Å². The Morgan fingerprint density at radius 3 is 2.24 bits per heavy atom. The van der Waals surface area contributed by atoms with Crippen LogP contribution in [0, 0.1) is 12.7 Å². The van der Waals surface area contributed by atoms with Crippen LogP contribution in [0.4, 0.5) is 21.5 Å². The number of rotatable bonds is 16. The monoisotopic (exact) mass is 874 g/mol. The average molecular weight is 875 g/mol. The molecule has 62 heavy (non-hydrogen) atoms. The second kappa shape index (κ2) is 20.6. The summed E-state index contributed by atoms with van der Waals surface area (Å²) in [6.07, 6.45) is 6.06. The molecule has 2 N–H and O–H groups in total. The molecule has 4 aromatic carbocycles. The Balaban J connectivity index is 0.852. The van der Waals surface area contributed by atoms with Crippen molar-refractivity contribution in [3.8, 4) is 22.4 Å². The molecular formula is C50H59FN6O3S2. The predicted molar refractivity (Wildman–Crippen MR) is 256 cm³/mol. The van der Waals surface area contributed by atoms with Crippen LogP contribution >= 0.6 is 11.8 Å². The van der Waals surface area contributed by atoms with Gasteiger partial charge >= 0.3 is 0 Å². The number of morpholine rings is 1. The van der Waals surface area contributed by atoms with E-state index in [-0.39, 0.29) is 17.1 Å². The lowest BCUT2D eigenvalue weighted by Gasteiger charge is -2.37. The molecule has 0 spiro atoms. The summed E-state index contributed by atoms with van der Waals surface area (Å²) in [5.41, 5.74) is 9.49. The zero-order valence-electron chi connectivity index (χ0n) is 36.1. The average Bonchev–Trinajstić information content (AvgIpc) is 3.57. The molecule has 2 saturated heterocycles. The summed E-state index contributed by atoms with van der Waals surface area (Å²) < 4.78 is 38.4. The lowest BCUT2D eigenvalue weighted by Crippen LogP contribution is -2.46. The van der Waals surface area contributed by atoms with Crippen LogP contribution in [0.2, 0.25) is 0 Å². The van der Waals surface area contributed by atoms with Crippen LogP contribution in [0.3, 0.4) is 0 Å². The minimum absolute atomic E-state index is 0.0461. The standard InChI is InChI=1S/C50H59FN6O3S2/c1-36-32-46(20-21-48(36)52-42(22-23-55-28-30-60-31-29-55)35-61-45-10-5-4-6-11-45)62(59)53-41-16-18-43(19-17-41)56-24-26-57(27-25-56)44-9-7-8-39(33-44)49-47(34-58)37(2)54(3)50(49)38-12-14-40(51)15-13-38/h4-19,32-34,42,46,48,52-53H,20-31,35H2,1-3H3/t42-,46?,48?,62?/m1/s1. The highest BCUT2D eigenvalue weighted by Crippen LogP contribution is 2.39. The van der Waals surface area contributed by atoms with Gasteiger partial charge in [0.15, 0.2) is 6.29 Å². The van der Waals surface area contributed by atoms with E-state index >= 15 is 0 Å². The summed E-state index contributed by atoms with van der Waals surface area (Å²) in [7, 11) is 0.711. The van der Waals surface area contributed by atoms with Gasteiger partial charge < -0.3 is 29.1 Å². The molecule has 0 bridgehead atoms. The van der Waals surface area contributed by atoms with E-state index in [0.29, 0.717) is 11.6 Å². The number of thioether (sulfide) groups is 1. The number of piperazine rings is 1. The molecule has 3 heterocycles. The number of halogens is 1. The zero-order valence-corrected chi connectivity index (χ0v) is 37.7. The molecule has 3 aliphatic rings. The van der Waals surface area contributed by atoms with Gasteiger partial charge in [0.25, 0.3) is 0 Å². The van der Waals surface area contributed by atoms with Gasteiger partial charge in [0.05, 0.1) is 24.2 Å². The quantitative estimate of drug-likeness (QED) is 0.0578. The number of hydrogen-bond acceptors (Lipinski definition) is 8. The summed E-state index contributed by atoms with van der Waals surface area (Å²) in [4.78, 5) is 21.0. The molecule has 326 valence electrons. The molecule has 1 aliphatic carbocycles. The highest BCUT2D eigenvalue weighted by molar-refractivity contribution is 7.99. The molecule has 8 rings (SSSR count). The van der Waals surface area contributed by atoms with E-state index in [9.17, 15) is 13.4 Å². The van der Waals surface area contributed by atoms with Crippen molar-refractivity contribution in [3.63, 3.8) is 0 Å². The van der Waals surface area contributed by atoms with Crippen molar-refractivity contribution in [2.75, 3.05) is 79.3 Å². The summed E-state index contributed by atoms with van der Waals surface area (Å²) in [6.45, 7) is 12.2. The molecule has 1 aromatic heterocycles. The molecule has 5 aromatic rings. The Morgan fingerprint density at radius 1 is 0.839 bits per heavy atom. The predicted octanol–water partition coefficient (Wildman–Crippen LogP) is 8.97. The molecule has 4 atom stereocenters. The van der Waals surface area contributed by atoms with E-state index < -0.39 is 11.0 Å². The largest absolute Gasteiger partial charge is 0.379 e. The van der Waals surface area contributed by atoms with Gasteiger partial charge in [0.1, 0.15) is 16.8 Å². The van der Waals surface area contributed by atoms with Gasteiger partial charge in [-0.1, -0.05) is 42.0 Å². The first-order valence-corrected chi connectivity index (χ1v) is 24.1. The fourth-order valence-electron chi connectivity index (χ4n) is 9.03. The third-order valence-electron chi connectivity index (χ3n) is 12.7. The van der Waals surface area contributed by atoms with Gasteiger partial charge in [0, 0.05) is 103 Å². The van der Waals surface area contributed by atoms with Crippen LogP contribution in [0.1, 0.15) is 42.2 Å². The van der Waals surface area contributed by atoms with Gasteiger partial charge in [-0.05, 0) is 124 Å². The topological polar surface area (TPSA) is 82.1 Å². The van der Waals surface area contributed by atoms with Crippen LogP contribution in [-0.4, -0.2) is 102 Å². The van der Waals surface area contributed by atoms with Crippen molar-refractivity contribution < 1.29 is 18.1 Å². The first-order chi connectivity index (χ1) is 30.2. The van der Waals surface area contributed by atoms with Crippen LogP contribution in [0.5, 0.6) is 0 Å². The maximum Gasteiger partial charge on any atom is 0.152 e. The minimum Gasteiger partial charge on any atom is -0.379 e. The van der Waals surface area contributed by atoms with Gasteiger partial charge in [-0.2, -0.15) is 0 Å². The molecule has 0 amide bonds. The molecule has 9 nitrogen and oxygen atoms in total. The third kappa shape index (κ3) is 10.5. The smallest absolute Gasteiger partial charge is 0.152 e. The Labute approximate surface area is 373 Å². The minimum atomic E-state index is -1.24. The maximum atomic E-state index is 13.9. The van der Waals surface area contributed by atoms with E-state index in [1.165, 1.54) is 22.6 Å². The fraction of sp³-hybridized carbons (Fsp3) is 0.380. The normalized spacial score (nSPS) is 19.5. The van der Waals surface area contributed by atoms with Gasteiger partial charge in [0.2, 0.25) is 0 Å². The van der Waals surface area contributed by atoms with Crippen molar-refractivity contribution in [1.29, 1.82) is 0 Å². The van der Waals surface area contributed by atoms with Crippen molar-refractivity contribution in [3.05, 3.63) is 132 Å². The fourth-order valence-corrected chi connectivity index (χ4v) is 11.2. The molecule has 0 radical (unpaired) electrons. The zero-order chi connectivity index (χ0) is 43.0. The lowest BCUT2D eigenvalue weighted by molar-refractivity contribution is 0.0363. The summed E-state index contributed by atoms with van der Waals surface area (Å²) in [5.74, 6) is 0.718. The maximum absolute atomic E-state index is 13.9. The van der Waals surface area contributed by atoms with Crippen molar-refractivity contribution in [2.45, 2.75) is 55.3 Å². The molecule has 0 saturated carbocycles. The first kappa shape index (κ1) is 43.9. The van der Waals surface area contributed by atoms with Crippen molar-refractivity contribution in [1.82, 2.24) is 14.8 Å². The molecule has 2 aliphatic heterocycles. The summed E-state index contributed by atoms with van der Waals surface area (Å²) in [5, 5.41) is 3.96. The van der Waals surface area contributed by atoms with E-state index in [1.54, 1.807) is 12.1 Å². The number of benzene rings is 4. The number of ether oxygens (including phenoxy) is 1. The Bertz CT molecular complexity index is 2320. The lowest BCUT2D eigenvalue weighted by atomic mass is 9.94. The van der Waals surface area contributed by atoms with Gasteiger partial charge in [-0.3, -0.25) is 9.69 Å². The van der Waals surface area contributed by atoms with Crippen molar-refractivity contribution >= 4 is 46.1 Å². The molecule has 3 unspecified atom stereocenters. The van der Waals surface area contributed by atoms with Crippen LogP contribution < -0.4 is 19.8 Å². The third-order valence-corrected chi connectivity index (χ3v) is 15.3. The highest BCUT2D eigenvalue weighted by Gasteiger charge is 2.28. The number of aldehydes is 1. The van der Waals surface area contributed by atoms with Crippen LogP contribution in [-0.2, 0) is 22.8 Å². The Morgan fingerprint density at radius 2 is 1.55 bits per heavy atom. The van der Waals surface area contributed by atoms with Crippen LogP contribution in [0.25, 0.3) is 22.4 Å². The second-order valence-corrected chi connectivity index (χ2v) is 19.2. The molecule has 2 fully saturated rings. The number of hydrogen-bond donors (Lipinski definition) is 2. The van der Waals surface area contributed by atoms with Crippen molar-refractivity contribution in [2.24, 2.45) is 7.05 Å². The second-order valence-electron chi connectivity index (χ2n) is 16.7. The summed E-state index contributed by atoms with van der Waals surface area (Å²) in [6, 6.07) is 34.5. The number of nitrogens with zero attached hydrogens (tertiary/aromatic N) is 4. The van der Waals surface area contributed by atoms with E-state index in [1.807, 2.05) is 42.4 Å². The number of carbonyl (C=O) groups is 1. The van der Waals surface area contributed by atoms with E-state index in [4.69, 9.17) is 4.74 Å². The number of carbonyl (C=O) groups excluding carboxylic acids is 1.